The van der Waals surface area contributed by atoms with Crippen molar-refractivity contribution in [3.63, 3.8) is 0 Å². The third-order valence-electron chi connectivity index (χ3n) is 4.38. The van der Waals surface area contributed by atoms with Crippen molar-refractivity contribution >= 4 is 11.7 Å². The molecule has 2 heterocycles. The van der Waals surface area contributed by atoms with Crippen LogP contribution in [0.5, 0.6) is 0 Å². The number of benzene rings is 2. The molecule has 1 aliphatic heterocycles. The van der Waals surface area contributed by atoms with E-state index in [-0.39, 0.29) is 6.04 Å². The molecule has 0 saturated carbocycles. The number of alkyl halides is 3. The zero-order valence-corrected chi connectivity index (χ0v) is 16.1. The van der Waals surface area contributed by atoms with E-state index in [1.807, 2.05) is 24.3 Å². The fourth-order valence-corrected chi connectivity index (χ4v) is 2.88. The number of aromatic nitrogens is 4. The van der Waals surface area contributed by atoms with Crippen molar-refractivity contribution in [3.05, 3.63) is 59.0 Å². The third-order valence-corrected chi connectivity index (χ3v) is 4.38. The Kier molecular flexibility index (Phi) is 6.26. The first kappa shape index (κ1) is 20.6. The number of carboxylic acid groups (broad SMARTS) is 1. The number of carbonyl (C=O) groups is 1. The van der Waals surface area contributed by atoms with Crippen molar-refractivity contribution in [2.24, 2.45) is 0 Å². The second kappa shape index (κ2) is 9.43. The van der Waals surface area contributed by atoms with Gasteiger partial charge in [0.25, 0.3) is 0 Å². The van der Waals surface area contributed by atoms with Crippen molar-refractivity contribution in [2.75, 3.05) is 31.1 Å². The smallest absolute Gasteiger partial charge is 0.475 e. The van der Waals surface area contributed by atoms with Crippen LogP contribution >= 0.6 is 0 Å². The van der Waals surface area contributed by atoms with E-state index in [0.717, 1.165) is 42.0 Å². The molecule has 1 aromatic heterocycles. The van der Waals surface area contributed by atoms with Crippen LogP contribution in [0.1, 0.15) is 1.37 Å². The van der Waals surface area contributed by atoms with Crippen LogP contribution in [0.25, 0.3) is 16.8 Å². The number of hydrogen-bond acceptors (Lipinski definition) is 6. The zero-order valence-electron chi connectivity index (χ0n) is 17.1. The molecule has 4 rings (SSSR count). The van der Waals surface area contributed by atoms with Gasteiger partial charge < -0.3 is 15.3 Å². The molecule has 0 radical (unpaired) electrons. The molecule has 1 aliphatic rings. The Balaban J connectivity index is 0.000000360. The lowest BCUT2D eigenvalue weighted by Gasteiger charge is -2.29. The van der Waals surface area contributed by atoms with Crippen molar-refractivity contribution in [3.8, 4) is 16.8 Å². The highest BCUT2D eigenvalue weighted by Gasteiger charge is 2.38. The van der Waals surface area contributed by atoms with Crippen molar-refractivity contribution in [2.45, 2.75) is 6.18 Å². The summed E-state index contributed by atoms with van der Waals surface area (Å²) in [5.41, 5.74) is 2.81. The van der Waals surface area contributed by atoms with Gasteiger partial charge in [0.2, 0.25) is 0 Å². The van der Waals surface area contributed by atoms with E-state index in [1.54, 1.807) is 6.07 Å². The fraction of sp³-hybridized carbons (Fsp3) is 0.263. The van der Waals surface area contributed by atoms with Gasteiger partial charge in [-0.25, -0.2) is 14.7 Å². The molecular weight excluding hydrogens is 417 g/mol. The van der Waals surface area contributed by atoms with Crippen LogP contribution in [0.2, 0.25) is 0 Å². The number of halogens is 3. The first-order valence-corrected chi connectivity index (χ1v) is 9.15. The van der Waals surface area contributed by atoms with Gasteiger partial charge in [0, 0.05) is 31.9 Å². The number of H-pyrrole nitrogens is 1. The second-order valence-corrected chi connectivity index (χ2v) is 6.45. The highest BCUT2D eigenvalue weighted by molar-refractivity contribution is 5.73. The van der Waals surface area contributed by atoms with Gasteiger partial charge in [0.05, 0.1) is 7.06 Å². The molecule has 3 N–H and O–H groups in total. The lowest BCUT2D eigenvalue weighted by molar-refractivity contribution is -0.192. The lowest BCUT2D eigenvalue weighted by Crippen LogP contribution is -2.43. The third kappa shape index (κ3) is 5.69. The summed E-state index contributed by atoms with van der Waals surface area (Å²) in [7, 11) is 0. The van der Waals surface area contributed by atoms with Gasteiger partial charge in [-0.05, 0) is 45.8 Å². The molecule has 9 nitrogen and oxygen atoms in total. The van der Waals surface area contributed by atoms with Crippen LogP contribution in [-0.2, 0) is 4.79 Å². The van der Waals surface area contributed by atoms with Gasteiger partial charge in [-0.3, -0.25) is 0 Å². The molecule has 2 aromatic carbocycles. The Morgan fingerprint density at radius 2 is 1.71 bits per heavy atom. The molecule has 12 heteroatoms. The molecule has 0 atom stereocenters. The van der Waals surface area contributed by atoms with Crippen molar-refractivity contribution in [1.29, 1.82) is 0 Å². The summed E-state index contributed by atoms with van der Waals surface area (Å²) in [6.07, 6.45) is -5.08. The minimum absolute atomic E-state index is 0.244. The number of nitrogens with zero attached hydrogens (tertiary/aromatic N) is 4. The topological polar surface area (TPSA) is 116 Å². The number of piperazine rings is 1. The number of carboxylic acids is 1. The monoisotopic (exact) mass is 437 g/mol. The first-order valence-electron chi connectivity index (χ1n) is 9.65. The molecule has 3 aromatic rings. The highest BCUT2D eigenvalue weighted by Crippen LogP contribution is 2.24. The number of rotatable bonds is 3. The maximum atomic E-state index is 11.7. The van der Waals surface area contributed by atoms with E-state index in [0.29, 0.717) is 5.69 Å². The van der Waals surface area contributed by atoms with E-state index in [4.69, 9.17) is 11.3 Å². The van der Waals surface area contributed by atoms with Gasteiger partial charge in [-0.2, -0.15) is 17.9 Å². The SMILES string of the molecule is O=C(O)C(F)(F)F.[2H]c1c(-c2ccc(N3CCNCC3)cc2)cccc1-n1nn[nH]c1=O. The van der Waals surface area contributed by atoms with Gasteiger partial charge in [-0.15, -0.1) is 0 Å². The number of aliphatic carboxylic acids is 1. The average Bonchev–Trinajstić information content (AvgIpc) is 3.20. The van der Waals surface area contributed by atoms with E-state index < -0.39 is 17.8 Å². The van der Waals surface area contributed by atoms with E-state index in [2.05, 4.69) is 37.9 Å². The fourth-order valence-electron chi connectivity index (χ4n) is 2.88. The van der Waals surface area contributed by atoms with Gasteiger partial charge in [0.1, 0.15) is 0 Å². The minimum atomic E-state index is -5.08. The highest BCUT2D eigenvalue weighted by atomic mass is 19.4. The molecule has 31 heavy (non-hydrogen) atoms. The summed E-state index contributed by atoms with van der Waals surface area (Å²) in [6, 6.07) is 13.8. The average molecular weight is 437 g/mol. The van der Waals surface area contributed by atoms with Crippen LogP contribution in [0.4, 0.5) is 18.9 Å². The Morgan fingerprint density at radius 1 is 1.06 bits per heavy atom. The molecule has 0 bridgehead atoms. The number of aromatic amines is 1. The quantitative estimate of drug-likeness (QED) is 0.571. The van der Waals surface area contributed by atoms with Crippen LogP contribution in [0.15, 0.2) is 53.3 Å². The van der Waals surface area contributed by atoms with Gasteiger partial charge in [-0.1, -0.05) is 24.3 Å². The van der Waals surface area contributed by atoms with Crippen molar-refractivity contribution in [1.82, 2.24) is 25.5 Å². The molecule has 164 valence electrons. The summed E-state index contributed by atoms with van der Waals surface area (Å²) in [5, 5.41) is 19.9. The largest absolute Gasteiger partial charge is 0.490 e. The van der Waals surface area contributed by atoms with E-state index in [9.17, 15) is 18.0 Å². The molecule has 0 aliphatic carbocycles. The lowest BCUT2D eigenvalue weighted by atomic mass is 10.0. The summed E-state index contributed by atoms with van der Waals surface area (Å²) >= 11 is 0. The Morgan fingerprint density at radius 3 is 2.26 bits per heavy atom. The van der Waals surface area contributed by atoms with E-state index >= 15 is 0 Å². The predicted octanol–water partition coefficient (Wildman–Crippen LogP) is 1.67. The minimum Gasteiger partial charge on any atom is -0.475 e. The van der Waals surface area contributed by atoms with Crippen LogP contribution in [0, 0.1) is 0 Å². The molecular formula is C19H19F3N6O3. The maximum Gasteiger partial charge on any atom is 0.490 e. The molecule has 1 fully saturated rings. The molecule has 0 amide bonds. The van der Waals surface area contributed by atoms with Gasteiger partial charge >= 0.3 is 17.8 Å². The van der Waals surface area contributed by atoms with Crippen molar-refractivity contribution < 1.29 is 24.4 Å². The maximum absolute atomic E-state index is 11.7. The molecule has 0 unspecified atom stereocenters. The Labute approximate surface area is 175 Å². The van der Waals surface area contributed by atoms with Crippen LogP contribution < -0.4 is 15.9 Å². The van der Waals surface area contributed by atoms with Crippen LogP contribution in [0.3, 0.4) is 0 Å². The number of tetrazole rings is 1. The van der Waals surface area contributed by atoms with E-state index in [1.165, 1.54) is 5.69 Å². The standard InChI is InChI=1S/C17H18N6O.C2HF3O2/c24-17-19-20-21-23(17)16-3-1-2-14(12-16)13-4-6-15(7-5-13)22-10-8-18-9-11-22;3-2(4,5)1(6)7/h1-7,12,18H,8-11H2,(H,19,21,24);(H,6,7)/i12D;. The molecule has 0 spiro atoms. The first-order chi connectivity index (χ1) is 15.2. The zero-order chi connectivity index (χ0) is 23.3. The van der Waals surface area contributed by atoms with Crippen LogP contribution in [-0.4, -0.2) is 63.6 Å². The Bertz CT molecular complexity index is 1120. The Hall–Kier alpha value is -3.67. The number of anilines is 1. The molecule has 1 saturated heterocycles. The second-order valence-electron chi connectivity index (χ2n) is 6.45. The summed E-state index contributed by atoms with van der Waals surface area (Å²) in [6.45, 7) is 3.97. The van der Waals surface area contributed by atoms with Gasteiger partial charge in [0.15, 0.2) is 0 Å². The summed E-state index contributed by atoms with van der Waals surface area (Å²) in [5.74, 6) is -2.76. The number of hydrogen-bond donors (Lipinski definition) is 3. The number of nitrogens with one attached hydrogen (secondary N) is 2. The summed E-state index contributed by atoms with van der Waals surface area (Å²) in [4.78, 5) is 23.0. The normalized spacial score (nSPS) is 14.4. The predicted molar refractivity (Wildman–Crippen MR) is 106 cm³/mol. The summed E-state index contributed by atoms with van der Waals surface area (Å²) < 4.78 is 41.3.